The van der Waals surface area contributed by atoms with E-state index in [-0.39, 0.29) is 22.4 Å². The number of hydrogen-bond acceptors (Lipinski definition) is 3. The molecule has 0 saturated carbocycles. The molecule has 2 aliphatic rings. The maximum atomic E-state index is 10.1. The van der Waals surface area contributed by atoms with Gasteiger partial charge in [0.25, 0.3) is 0 Å². The monoisotopic (exact) mass is 422 g/mol. The van der Waals surface area contributed by atoms with Gasteiger partial charge in [0.1, 0.15) is 17.6 Å². The Morgan fingerprint density at radius 1 is 1.15 bits per heavy atom. The van der Waals surface area contributed by atoms with Crippen LogP contribution < -0.4 is 15.4 Å². The average molecular weight is 423 g/mol. The predicted molar refractivity (Wildman–Crippen MR) is 112 cm³/mol. The zero-order valence-electron chi connectivity index (χ0n) is 15.0. The molecule has 0 aliphatic carbocycles. The van der Waals surface area contributed by atoms with Crippen molar-refractivity contribution in [2.24, 2.45) is 0 Å². The van der Waals surface area contributed by atoms with Gasteiger partial charge in [0.05, 0.1) is 10.6 Å². The lowest BCUT2D eigenvalue weighted by molar-refractivity contribution is 0.0870. The summed E-state index contributed by atoms with van der Waals surface area (Å²) >= 11 is 18.2. The van der Waals surface area contributed by atoms with E-state index in [9.17, 15) is 5.11 Å². The standard InChI is InChI=1S/C20H20Cl2N2O2S/c1-19(2)10-20(24-18(27)23-19)9-17(11-5-3-4-6-13(11)21)26-16-8-15(25)14(22)7-12(16)20/h3-8,17,25H,9-10H2,1-2H3,(H2,23,24,27)/t17-,20+/m0/s1. The zero-order chi connectivity index (χ0) is 19.4. The van der Waals surface area contributed by atoms with Crippen LogP contribution in [0.2, 0.25) is 10.0 Å². The second-order valence-electron chi connectivity index (χ2n) is 7.85. The maximum absolute atomic E-state index is 10.1. The van der Waals surface area contributed by atoms with Crippen molar-refractivity contribution < 1.29 is 9.84 Å². The summed E-state index contributed by atoms with van der Waals surface area (Å²) < 4.78 is 6.26. The smallest absolute Gasteiger partial charge is 0.167 e. The summed E-state index contributed by atoms with van der Waals surface area (Å²) in [6.07, 6.45) is 1.12. The molecule has 0 aromatic heterocycles. The van der Waals surface area contributed by atoms with Crippen LogP contribution in [0.4, 0.5) is 0 Å². The van der Waals surface area contributed by atoms with Gasteiger partial charge >= 0.3 is 0 Å². The second kappa shape index (κ2) is 6.43. The van der Waals surface area contributed by atoms with Crippen molar-refractivity contribution in [1.29, 1.82) is 0 Å². The lowest BCUT2D eigenvalue weighted by Crippen LogP contribution is -2.65. The van der Waals surface area contributed by atoms with Crippen molar-refractivity contribution in [2.45, 2.75) is 43.9 Å². The first-order valence-corrected chi connectivity index (χ1v) is 9.90. The highest BCUT2D eigenvalue weighted by molar-refractivity contribution is 7.80. The Morgan fingerprint density at radius 2 is 1.89 bits per heavy atom. The Kier molecular flexibility index (Phi) is 4.45. The number of thiocarbonyl (C=S) groups is 1. The Labute approximate surface area is 173 Å². The lowest BCUT2D eigenvalue weighted by Gasteiger charge is -2.51. The number of halogens is 2. The molecule has 0 radical (unpaired) electrons. The molecule has 2 aliphatic heterocycles. The Hall–Kier alpha value is -1.69. The highest BCUT2D eigenvalue weighted by Gasteiger charge is 2.49. The fourth-order valence-corrected chi connectivity index (χ4v) is 5.12. The predicted octanol–water partition coefficient (Wildman–Crippen LogP) is 5.06. The summed E-state index contributed by atoms with van der Waals surface area (Å²) in [6, 6.07) is 11.0. The Bertz CT molecular complexity index is 934. The van der Waals surface area contributed by atoms with Crippen molar-refractivity contribution in [3.05, 3.63) is 57.6 Å². The van der Waals surface area contributed by atoms with E-state index < -0.39 is 5.54 Å². The minimum absolute atomic E-state index is 0.0128. The van der Waals surface area contributed by atoms with Gasteiger partial charge in [-0.2, -0.15) is 0 Å². The van der Waals surface area contributed by atoms with Crippen LogP contribution in [-0.4, -0.2) is 15.8 Å². The first-order chi connectivity index (χ1) is 12.7. The summed E-state index contributed by atoms with van der Waals surface area (Å²) in [5.41, 5.74) is 1.10. The van der Waals surface area contributed by atoms with E-state index in [1.807, 2.05) is 24.3 Å². The van der Waals surface area contributed by atoms with Gasteiger partial charge in [-0.1, -0.05) is 41.4 Å². The number of phenols is 1. The van der Waals surface area contributed by atoms with E-state index in [0.29, 0.717) is 22.3 Å². The fraction of sp³-hybridized carbons (Fsp3) is 0.350. The molecule has 2 atom stereocenters. The molecular weight excluding hydrogens is 403 g/mol. The molecule has 1 spiro atoms. The van der Waals surface area contributed by atoms with E-state index in [1.54, 1.807) is 12.1 Å². The van der Waals surface area contributed by atoms with E-state index in [1.165, 1.54) is 0 Å². The van der Waals surface area contributed by atoms with Crippen LogP contribution in [0.1, 0.15) is 43.9 Å². The SMILES string of the molecule is CC1(C)C[C@@]2(C[C@@H](c3ccccc3Cl)Oc3cc(O)c(Cl)cc32)NC(=S)N1. The number of rotatable bonds is 1. The van der Waals surface area contributed by atoms with Crippen LogP contribution in [-0.2, 0) is 5.54 Å². The van der Waals surface area contributed by atoms with Crippen molar-refractivity contribution in [1.82, 2.24) is 10.6 Å². The average Bonchev–Trinajstić information content (AvgIpc) is 2.55. The normalized spacial score (nSPS) is 25.9. The molecule has 27 heavy (non-hydrogen) atoms. The van der Waals surface area contributed by atoms with Crippen LogP contribution in [0.3, 0.4) is 0 Å². The first kappa shape index (κ1) is 18.7. The molecule has 1 saturated heterocycles. The summed E-state index contributed by atoms with van der Waals surface area (Å²) in [4.78, 5) is 0. The third kappa shape index (κ3) is 3.33. The molecule has 2 heterocycles. The van der Waals surface area contributed by atoms with E-state index in [2.05, 4.69) is 24.5 Å². The van der Waals surface area contributed by atoms with E-state index in [0.717, 1.165) is 17.5 Å². The molecule has 0 amide bonds. The number of benzene rings is 2. The molecule has 0 bridgehead atoms. The molecule has 0 unspecified atom stereocenters. The van der Waals surface area contributed by atoms with Crippen LogP contribution in [0.5, 0.6) is 11.5 Å². The highest BCUT2D eigenvalue weighted by Crippen LogP contribution is 2.51. The molecule has 4 rings (SSSR count). The van der Waals surface area contributed by atoms with Gasteiger partial charge in [-0.15, -0.1) is 0 Å². The number of aromatic hydroxyl groups is 1. The van der Waals surface area contributed by atoms with Crippen LogP contribution in [0, 0.1) is 0 Å². The van der Waals surface area contributed by atoms with Gasteiger partial charge in [-0.05, 0) is 44.6 Å². The molecule has 7 heteroatoms. The van der Waals surface area contributed by atoms with Crippen molar-refractivity contribution in [3.8, 4) is 11.5 Å². The molecule has 2 aromatic rings. The third-order valence-electron chi connectivity index (χ3n) is 5.17. The van der Waals surface area contributed by atoms with Gasteiger partial charge in [0.2, 0.25) is 0 Å². The molecule has 1 fully saturated rings. The van der Waals surface area contributed by atoms with E-state index >= 15 is 0 Å². The van der Waals surface area contributed by atoms with Gasteiger partial charge in [0, 0.05) is 34.2 Å². The second-order valence-corrected chi connectivity index (χ2v) is 9.08. The van der Waals surface area contributed by atoms with Gasteiger partial charge < -0.3 is 20.5 Å². The van der Waals surface area contributed by atoms with Crippen molar-refractivity contribution >= 4 is 40.5 Å². The number of hydrogen-bond donors (Lipinski definition) is 3. The first-order valence-electron chi connectivity index (χ1n) is 8.74. The largest absolute Gasteiger partial charge is 0.506 e. The quantitative estimate of drug-likeness (QED) is 0.560. The third-order valence-corrected chi connectivity index (χ3v) is 6.02. The number of fused-ring (bicyclic) bond motifs is 2. The maximum Gasteiger partial charge on any atom is 0.167 e. The Balaban J connectivity index is 1.88. The van der Waals surface area contributed by atoms with Crippen molar-refractivity contribution in [3.63, 3.8) is 0 Å². The topological polar surface area (TPSA) is 53.5 Å². The lowest BCUT2D eigenvalue weighted by atomic mass is 9.72. The number of phenolic OH excluding ortho intramolecular Hbond substituents is 1. The molecule has 142 valence electrons. The van der Waals surface area contributed by atoms with Crippen LogP contribution in [0.25, 0.3) is 0 Å². The van der Waals surface area contributed by atoms with Gasteiger partial charge in [-0.3, -0.25) is 0 Å². The highest BCUT2D eigenvalue weighted by atomic mass is 35.5. The number of nitrogens with one attached hydrogen (secondary N) is 2. The fourth-order valence-electron chi connectivity index (χ4n) is 4.23. The zero-order valence-corrected chi connectivity index (χ0v) is 17.3. The van der Waals surface area contributed by atoms with Gasteiger partial charge in [-0.25, -0.2) is 0 Å². The molecule has 2 aromatic carbocycles. The molecule has 3 N–H and O–H groups in total. The summed E-state index contributed by atoms with van der Waals surface area (Å²) in [6.45, 7) is 4.23. The number of ether oxygens (including phenoxy) is 1. The Morgan fingerprint density at radius 3 is 2.59 bits per heavy atom. The van der Waals surface area contributed by atoms with Crippen molar-refractivity contribution in [2.75, 3.05) is 0 Å². The minimum Gasteiger partial charge on any atom is -0.506 e. The van der Waals surface area contributed by atoms with E-state index in [4.69, 9.17) is 40.2 Å². The van der Waals surface area contributed by atoms with Crippen LogP contribution >= 0.6 is 35.4 Å². The summed E-state index contributed by atoms with van der Waals surface area (Å²) in [7, 11) is 0. The summed E-state index contributed by atoms with van der Waals surface area (Å²) in [5, 5.41) is 18.4. The van der Waals surface area contributed by atoms with Crippen LogP contribution in [0.15, 0.2) is 36.4 Å². The van der Waals surface area contributed by atoms with Gasteiger partial charge in [0.15, 0.2) is 5.11 Å². The molecule has 4 nitrogen and oxygen atoms in total. The summed E-state index contributed by atoms with van der Waals surface area (Å²) in [5.74, 6) is 0.571. The minimum atomic E-state index is -0.486. The molecular formula is C20H20Cl2N2O2S.